The number of hydrogen-bond donors (Lipinski definition) is 2. The molecule has 1 saturated heterocycles. The summed E-state index contributed by atoms with van der Waals surface area (Å²) in [4.78, 5) is 36.7. The van der Waals surface area contributed by atoms with Crippen LogP contribution in [-0.4, -0.2) is 76.7 Å². The van der Waals surface area contributed by atoms with Crippen molar-refractivity contribution in [2.24, 2.45) is 0 Å². The number of aliphatic hydroxyl groups excluding tert-OH is 1. The molecule has 16 heteroatoms. The van der Waals surface area contributed by atoms with Crippen LogP contribution >= 0.6 is 7.75 Å². The van der Waals surface area contributed by atoms with Gasteiger partial charge in [0.25, 0.3) is 6.43 Å². The van der Waals surface area contributed by atoms with Gasteiger partial charge in [0.05, 0.1) is 19.1 Å². The third-order valence-electron chi connectivity index (χ3n) is 6.67. The van der Waals surface area contributed by atoms with Crippen molar-refractivity contribution >= 4 is 36.2 Å². The highest BCUT2D eigenvalue weighted by atomic mass is 31.2. The maximum Gasteiger partial charge on any atom is 0.459 e. The molecule has 0 radical (unpaired) electrons. The Balaban J connectivity index is 1.69. The van der Waals surface area contributed by atoms with Crippen molar-refractivity contribution in [2.75, 3.05) is 6.61 Å². The number of benzene rings is 2. The molecule has 5 atom stereocenters. The highest BCUT2D eigenvalue weighted by Gasteiger charge is 2.74. The number of ether oxygens (including phenoxy) is 2. The molecule has 1 unspecified atom stereocenters. The van der Waals surface area contributed by atoms with Gasteiger partial charge in [0.15, 0.2) is 18.1 Å². The van der Waals surface area contributed by atoms with E-state index in [0.717, 1.165) is 12.3 Å². The minimum atomic E-state index is -5.00. The first-order chi connectivity index (χ1) is 20.1. The van der Waals surface area contributed by atoms with Crippen molar-refractivity contribution in [3.8, 4) is 5.75 Å². The van der Waals surface area contributed by atoms with Gasteiger partial charge in [0.2, 0.25) is 11.5 Å². The van der Waals surface area contributed by atoms with E-state index >= 15 is 8.78 Å². The van der Waals surface area contributed by atoms with Crippen LogP contribution in [0.25, 0.3) is 10.8 Å². The van der Waals surface area contributed by atoms with Crippen molar-refractivity contribution in [1.82, 2.24) is 9.99 Å². The number of alkyl halides is 4. The molecule has 43 heavy (non-hydrogen) atoms. The number of rotatable bonds is 11. The molecule has 2 aliphatic heterocycles. The second-order valence-electron chi connectivity index (χ2n) is 10.2. The van der Waals surface area contributed by atoms with Gasteiger partial charge in [-0.15, -0.1) is 0 Å². The Morgan fingerprint density at radius 2 is 1.84 bits per heavy atom. The van der Waals surface area contributed by atoms with Gasteiger partial charge in [0, 0.05) is 11.6 Å². The van der Waals surface area contributed by atoms with Crippen molar-refractivity contribution < 1.29 is 60.1 Å². The summed E-state index contributed by atoms with van der Waals surface area (Å²) in [5.74, 6) is -7.58. The zero-order chi connectivity index (χ0) is 31.7. The first kappa shape index (κ1) is 32.6. The van der Waals surface area contributed by atoms with E-state index in [1.165, 1.54) is 19.1 Å². The van der Waals surface area contributed by atoms with Crippen LogP contribution in [-0.2, 0) is 32.9 Å². The molecular weight excluding hydrogens is 603 g/mol. The Bertz CT molecular complexity index is 1470. The molecule has 234 valence electrons. The van der Waals surface area contributed by atoms with Crippen LogP contribution in [0.3, 0.4) is 0 Å². The fourth-order valence-electron chi connectivity index (χ4n) is 4.46. The molecule has 0 spiro atoms. The number of nitrogens with one attached hydrogen (secondary N) is 1. The van der Waals surface area contributed by atoms with E-state index in [9.17, 15) is 32.8 Å². The Morgan fingerprint density at radius 1 is 1.16 bits per heavy atom. The van der Waals surface area contributed by atoms with E-state index in [1.807, 2.05) is 0 Å². The van der Waals surface area contributed by atoms with E-state index in [-0.39, 0.29) is 5.75 Å². The minimum absolute atomic E-state index is 0.102. The molecule has 0 aromatic heterocycles. The molecule has 0 aliphatic carbocycles. The fraction of sp³-hybridized carbons (Fsp3) is 0.444. The number of fused-ring (bicyclic) bond motifs is 1. The van der Waals surface area contributed by atoms with Crippen LogP contribution in [0.2, 0.25) is 0 Å². The SMILES string of the molecule is CC(C)OC(=O)[C@H](C)NP(=O)(OC[C@@]1(C(F)F)O[C@@H](N2C=CC(=O)CC2=O)[C@H](O)C1(F)F)Oc1cccc2ccccc12. The Kier molecular flexibility index (Phi) is 9.33. The van der Waals surface area contributed by atoms with E-state index in [1.54, 1.807) is 44.2 Å². The Hall–Kier alpha value is -3.36. The lowest BCUT2D eigenvalue weighted by molar-refractivity contribution is -0.243. The van der Waals surface area contributed by atoms with Crippen LogP contribution in [0.15, 0.2) is 54.7 Å². The molecule has 2 aromatic rings. The van der Waals surface area contributed by atoms with Crippen LogP contribution in [0.5, 0.6) is 5.75 Å². The molecule has 11 nitrogen and oxygen atoms in total. The van der Waals surface area contributed by atoms with Gasteiger partial charge in [0.1, 0.15) is 11.8 Å². The summed E-state index contributed by atoms with van der Waals surface area (Å²) >= 11 is 0. The van der Waals surface area contributed by atoms with E-state index in [2.05, 4.69) is 5.09 Å². The summed E-state index contributed by atoms with van der Waals surface area (Å²) in [5.41, 5.74) is -3.95. The highest BCUT2D eigenvalue weighted by Crippen LogP contribution is 2.53. The van der Waals surface area contributed by atoms with Crippen molar-refractivity contribution in [1.29, 1.82) is 0 Å². The van der Waals surface area contributed by atoms with Gasteiger partial charge in [-0.2, -0.15) is 13.9 Å². The quantitative estimate of drug-likeness (QED) is 0.162. The van der Waals surface area contributed by atoms with E-state index in [4.69, 9.17) is 18.5 Å². The summed E-state index contributed by atoms with van der Waals surface area (Å²) in [6.07, 6.45) is -9.21. The lowest BCUT2D eigenvalue weighted by Gasteiger charge is -2.34. The summed E-state index contributed by atoms with van der Waals surface area (Å²) in [6, 6.07) is 9.72. The molecule has 1 fully saturated rings. The van der Waals surface area contributed by atoms with Crippen LogP contribution < -0.4 is 9.61 Å². The number of amides is 1. The van der Waals surface area contributed by atoms with Gasteiger partial charge in [-0.3, -0.25) is 23.8 Å². The normalized spacial score (nSPS) is 25.8. The third kappa shape index (κ3) is 6.46. The molecule has 0 bridgehead atoms. The predicted molar refractivity (Wildman–Crippen MR) is 142 cm³/mol. The number of esters is 1. The van der Waals surface area contributed by atoms with Gasteiger partial charge in [-0.05, 0) is 38.3 Å². The maximum absolute atomic E-state index is 15.5. The summed E-state index contributed by atoms with van der Waals surface area (Å²) in [7, 11) is -5.00. The smallest absolute Gasteiger partial charge is 0.459 e. The fourth-order valence-corrected chi connectivity index (χ4v) is 6.00. The van der Waals surface area contributed by atoms with Crippen LogP contribution in [0, 0.1) is 0 Å². The van der Waals surface area contributed by atoms with Crippen LogP contribution in [0.1, 0.15) is 27.2 Å². The number of nitrogens with zero attached hydrogens (tertiary/aromatic N) is 1. The number of halogens is 4. The van der Waals surface area contributed by atoms with Gasteiger partial charge in [-0.1, -0.05) is 36.4 Å². The van der Waals surface area contributed by atoms with Gasteiger partial charge in [-0.25, -0.2) is 13.3 Å². The molecule has 0 saturated carbocycles. The summed E-state index contributed by atoms with van der Waals surface area (Å²) in [6.45, 7) is 2.45. The number of aliphatic hydroxyl groups is 1. The highest BCUT2D eigenvalue weighted by molar-refractivity contribution is 7.52. The predicted octanol–water partition coefficient (Wildman–Crippen LogP) is 3.94. The van der Waals surface area contributed by atoms with Crippen molar-refractivity contribution in [3.05, 3.63) is 54.7 Å². The Morgan fingerprint density at radius 3 is 2.49 bits per heavy atom. The first-order valence-corrected chi connectivity index (χ1v) is 14.6. The topological polar surface area (TPSA) is 141 Å². The molecule has 2 aliphatic rings. The van der Waals surface area contributed by atoms with Gasteiger partial charge < -0.3 is 19.1 Å². The van der Waals surface area contributed by atoms with Gasteiger partial charge >= 0.3 is 19.6 Å². The molecule has 1 amide bonds. The number of ketones is 1. The zero-order valence-corrected chi connectivity index (χ0v) is 24.0. The lowest BCUT2D eigenvalue weighted by Crippen LogP contribution is -2.57. The number of hydrogen-bond acceptors (Lipinski definition) is 9. The summed E-state index contributed by atoms with van der Waals surface area (Å²) in [5, 5.41) is 13.6. The average Bonchev–Trinajstić information content (AvgIpc) is 3.13. The molecule has 2 N–H and O–H groups in total. The third-order valence-corrected chi connectivity index (χ3v) is 8.28. The summed E-state index contributed by atoms with van der Waals surface area (Å²) < 4.78 is 94.8. The molecular formula is C27H29F4N2O9P. The largest absolute Gasteiger partial charge is 0.462 e. The maximum atomic E-state index is 15.5. The zero-order valence-electron chi connectivity index (χ0n) is 23.1. The van der Waals surface area contributed by atoms with E-state index < -0.39 is 80.9 Å². The van der Waals surface area contributed by atoms with Crippen molar-refractivity contribution in [2.45, 2.75) is 69.6 Å². The molecule has 4 rings (SSSR count). The standard InChI is InChI=1S/C27H29F4N2O9P/c1-15(2)40-24(37)16(3)32-43(38,42-20-10-6-8-17-7-4-5-9-19(17)20)39-14-26(25(28)29)27(30,31)22(36)23(41-26)33-12-11-18(34)13-21(33)35/h4-12,15-16,22-23,25,36H,13-14H2,1-3H3,(H,32,38)/t16-,22-,23+,26-,43?/m0/s1. The first-order valence-electron chi connectivity index (χ1n) is 13.0. The minimum Gasteiger partial charge on any atom is -0.462 e. The number of carbonyl (C=O) groups excluding carboxylic acids is 3. The average molecular weight is 633 g/mol. The molecule has 2 aromatic carbocycles. The molecule has 2 heterocycles. The second kappa shape index (κ2) is 12.3. The van der Waals surface area contributed by atoms with E-state index in [0.29, 0.717) is 15.7 Å². The lowest BCUT2D eigenvalue weighted by atomic mass is 9.95. The number of allylic oxidation sites excluding steroid dienone is 1. The number of carbonyl (C=O) groups is 3. The van der Waals surface area contributed by atoms with Crippen LogP contribution in [0.4, 0.5) is 17.6 Å². The van der Waals surface area contributed by atoms with Crippen molar-refractivity contribution in [3.63, 3.8) is 0 Å². The monoisotopic (exact) mass is 632 g/mol. The second-order valence-corrected chi connectivity index (χ2v) is 11.9. The Labute approximate surface area is 243 Å².